The third-order valence-corrected chi connectivity index (χ3v) is 6.28. The number of pyridine rings is 2. The van der Waals surface area contributed by atoms with E-state index in [1.54, 1.807) is 17.5 Å². The maximum Gasteiger partial charge on any atom is 0.115 e. The molecular weight excluding hydrogens is 368 g/mol. The van der Waals surface area contributed by atoms with Gasteiger partial charge >= 0.3 is 0 Å². The number of rotatable bonds is 4. The number of aryl methyl sites for hydroxylation is 1. The number of likely N-dealkylation sites (tertiary alicyclic amines) is 1. The van der Waals surface area contributed by atoms with Gasteiger partial charge < -0.3 is 4.57 Å². The minimum absolute atomic E-state index is 0.474. The summed E-state index contributed by atoms with van der Waals surface area (Å²) in [6.07, 6.45) is 9.66. The van der Waals surface area contributed by atoms with Crippen molar-refractivity contribution >= 4 is 22.4 Å². The smallest absolute Gasteiger partial charge is 0.115 e. The van der Waals surface area contributed by atoms with Crippen molar-refractivity contribution in [3.8, 4) is 11.3 Å². The molecule has 0 aromatic carbocycles. The quantitative estimate of drug-likeness (QED) is 0.529. The van der Waals surface area contributed by atoms with Crippen molar-refractivity contribution < 1.29 is 0 Å². The molecule has 1 saturated heterocycles. The Balaban J connectivity index is 1.43. The maximum absolute atomic E-state index is 5.06. The molecule has 1 aliphatic rings. The molecule has 0 bridgehead atoms. The molecule has 4 aromatic rings. The molecule has 1 aliphatic heterocycles. The van der Waals surface area contributed by atoms with Crippen LogP contribution < -0.4 is 0 Å². The molecular formula is C21H22N6S. The lowest BCUT2D eigenvalue weighted by atomic mass is 9.92. The summed E-state index contributed by atoms with van der Waals surface area (Å²) in [6, 6.07) is 6.24. The molecule has 1 fully saturated rings. The zero-order chi connectivity index (χ0) is 18.9. The van der Waals surface area contributed by atoms with Gasteiger partial charge in [-0.25, -0.2) is 9.97 Å². The van der Waals surface area contributed by atoms with Crippen LogP contribution in [0, 0.1) is 0 Å². The summed E-state index contributed by atoms with van der Waals surface area (Å²) in [7, 11) is 2.04. The summed E-state index contributed by atoms with van der Waals surface area (Å²) < 4.78 is 2.08. The van der Waals surface area contributed by atoms with Crippen LogP contribution in [0.5, 0.6) is 0 Å². The lowest BCUT2D eigenvalue weighted by Gasteiger charge is -2.31. The van der Waals surface area contributed by atoms with Crippen molar-refractivity contribution in [1.29, 1.82) is 0 Å². The van der Waals surface area contributed by atoms with Crippen LogP contribution in [0.15, 0.2) is 48.5 Å². The van der Waals surface area contributed by atoms with Gasteiger partial charge in [0.1, 0.15) is 10.5 Å². The van der Waals surface area contributed by atoms with Crippen LogP contribution in [0.1, 0.15) is 29.5 Å². The van der Waals surface area contributed by atoms with Gasteiger partial charge in [0, 0.05) is 48.2 Å². The highest BCUT2D eigenvalue weighted by Gasteiger charge is 2.24. The number of nitrogens with zero attached hydrogens (tertiary/aromatic N) is 6. The molecule has 0 aliphatic carbocycles. The number of hydrogen-bond acceptors (Lipinski definition) is 6. The fourth-order valence-corrected chi connectivity index (χ4v) is 4.63. The summed E-state index contributed by atoms with van der Waals surface area (Å²) in [5, 5.41) is 3.25. The first-order valence-corrected chi connectivity index (χ1v) is 10.5. The number of aromatic nitrogens is 5. The lowest BCUT2D eigenvalue weighted by Crippen LogP contribution is -2.32. The van der Waals surface area contributed by atoms with Gasteiger partial charge in [-0.1, -0.05) is 0 Å². The Morgan fingerprint density at radius 3 is 2.82 bits per heavy atom. The third-order valence-electron chi connectivity index (χ3n) is 5.52. The largest absolute Gasteiger partial charge is 0.334 e. The first kappa shape index (κ1) is 17.5. The average Bonchev–Trinajstić information content (AvgIpc) is 3.39. The van der Waals surface area contributed by atoms with Crippen LogP contribution in [0.3, 0.4) is 0 Å². The fraction of sp³-hybridized carbons (Fsp3) is 0.333. The molecule has 0 amide bonds. The third kappa shape index (κ3) is 3.31. The van der Waals surface area contributed by atoms with Crippen molar-refractivity contribution in [3.63, 3.8) is 0 Å². The highest BCUT2D eigenvalue weighted by molar-refractivity contribution is 7.09. The van der Waals surface area contributed by atoms with Gasteiger partial charge in [-0.2, -0.15) is 0 Å². The highest BCUT2D eigenvalue weighted by atomic mass is 32.1. The number of imidazole rings is 1. The summed E-state index contributed by atoms with van der Waals surface area (Å²) >= 11 is 1.74. The van der Waals surface area contributed by atoms with Crippen molar-refractivity contribution in [2.75, 3.05) is 13.1 Å². The Labute approximate surface area is 167 Å². The van der Waals surface area contributed by atoms with E-state index in [9.17, 15) is 0 Å². The number of thiazole rings is 1. The number of piperidine rings is 1. The molecule has 0 spiro atoms. The van der Waals surface area contributed by atoms with E-state index in [1.165, 1.54) is 10.7 Å². The van der Waals surface area contributed by atoms with Crippen LogP contribution in [-0.4, -0.2) is 42.5 Å². The Morgan fingerprint density at radius 1 is 1.18 bits per heavy atom. The van der Waals surface area contributed by atoms with E-state index in [0.717, 1.165) is 54.8 Å². The first-order valence-electron chi connectivity index (χ1n) is 9.61. The minimum atomic E-state index is 0.474. The molecule has 142 valence electrons. The summed E-state index contributed by atoms with van der Waals surface area (Å²) in [5.41, 5.74) is 5.21. The molecule has 4 aromatic heterocycles. The maximum atomic E-state index is 5.06. The Hall–Kier alpha value is -2.64. The van der Waals surface area contributed by atoms with E-state index in [2.05, 4.69) is 41.9 Å². The van der Waals surface area contributed by atoms with E-state index in [1.807, 2.05) is 31.8 Å². The van der Waals surface area contributed by atoms with E-state index < -0.39 is 0 Å². The molecule has 0 atom stereocenters. The normalized spacial score (nSPS) is 16.0. The Morgan fingerprint density at radius 2 is 2.07 bits per heavy atom. The molecule has 28 heavy (non-hydrogen) atoms. The van der Waals surface area contributed by atoms with Crippen LogP contribution in [0.2, 0.25) is 0 Å². The van der Waals surface area contributed by atoms with Gasteiger partial charge in [-0.15, -0.1) is 11.3 Å². The number of hydrogen-bond donors (Lipinski definition) is 0. The zero-order valence-corrected chi connectivity index (χ0v) is 16.6. The van der Waals surface area contributed by atoms with E-state index in [0.29, 0.717) is 5.92 Å². The van der Waals surface area contributed by atoms with Crippen LogP contribution in [0.4, 0.5) is 0 Å². The molecule has 0 radical (unpaired) electrons. The SMILES string of the molecule is Cn1cnc2c(-c3cccnc3)nc(C3CCN(Cc4nccs4)CC3)cc21. The second-order valence-electron chi connectivity index (χ2n) is 7.34. The van der Waals surface area contributed by atoms with Crippen molar-refractivity contribution in [2.45, 2.75) is 25.3 Å². The van der Waals surface area contributed by atoms with E-state index >= 15 is 0 Å². The van der Waals surface area contributed by atoms with E-state index in [4.69, 9.17) is 4.98 Å². The lowest BCUT2D eigenvalue weighted by molar-refractivity contribution is 0.203. The standard InChI is InChI=1S/C21H22N6S/c1-26-14-24-21-18(26)11-17(25-20(21)16-3-2-6-22-12-16)15-4-8-27(9-5-15)13-19-23-7-10-28-19/h2-3,6-7,10-12,14-15H,4-5,8-9,13H2,1H3. The zero-order valence-electron chi connectivity index (χ0n) is 15.8. The monoisotopic (exact) mass is 390 g/mol. The molecule has 0 N–H and O–H groups in total. The van der Waals surface area contributed by atoms with Gasteiger partial charge in [0.25, 0.3) is 0 Å². The molecule has 5 heterocycles. The highest BCUT2D eigenvalue weighted by Crippen LogP contribution is 2.33. The molecule has 6 nitrogen and oxygen atoms in total. The number of fused-ring (bicyclic) bond motifs is 1. The van der Waals surface area contributed by atoms with Crippen molar-refractivity contribution in [3.05, 3.63) is 59.2 Å². The van der Waals surface area contributed by atoms with Gasteiger partial charge in [-0.05, 0) is 44.1 Å². The Bertz CT molecular complexity index is 1070. The summed E-state index contributed by atoms with van der Waals surface area (Å²) in [5.74, 6) is 0.474. The van der Waals surface area contributed by atoms with Crippen molar-refractivity contribution in [1.82, 2.24) is 29.4 Å². The molecule has 7 heteroatoms. The van der Waals surface area contributed by atoms with Gasteiger partial charge in [0.15, 0.2) is 0 Å². The second-order valence-corrected chi connectivity index (χ2v) is 8.32. The predicted molar refractivity (Wildman–Crippen MR) is 111 cm³/mol. The summed E-state index contributed by atoms with van der Waals surface area (Å²) in [4.78, 5) is 20.9. The summed E-state index contributed by atoms with van der Waals surface area (Å²) in [6.45, 7) is 3.12. The molecule has 5 rings (SSSR count). The second kappa shape index (κ2) is 7.41. The van der Waals surface area contributed by atoms with Crippen molar-refractivity contribution in [2.24, 2.45) is 7.05 Å². The first-order chi connectivity index (χ1) is 13.8. The van der Waals surface area contributed by atoms with Gasteiger partial charge in [0.2, 0.25) is 0 Å². The Kier molecular flexibility index (Phi) is 4.62. The van der Waals surface area contributed by atoms with Crippen LogP contribution in [0.25, 0.3) is 22.3 Å². The van der Waals surface area contributed by atoms with Crippen LogP contribution >= 0.6 is 11.3 Å². The van der Waals surface area contributed by atoms with Crippen LogP contribution in [-0.2, 0) is 13.6 Å². The van der Waals surface area contributed by atoms with Gasteiger partial charge in [-0.3, -0.25) is 14.9 Å². The topological polar surface area (TPSA) is 59.7 Å². The predicted octanol–water partition coefficient (Wildman–Crippen LogP) is 3.87. The van der Waals surface area contributed by atoms with Gasteiger partial charge in [0.05, 0.1) is 24.1 Å². The molecule has 0 unspecified atom stereocenters. The fourth-order valence-electron chi connectivity index (χ4n) is 3.97. The average molecular weight is 391 g/mol. The molecule has 0 saturated carbocycles. The minimum Gasteiger partial charge on any atom is -0.334 e. The van der Waals surface area contributed by atoms with E-state index in [-0.39, 0.29) is 0 Å².